The molecule has 1 saturated heterocycles. The number of pyridine rings is 1. The standard InChI is InChI=1S/C22H35N5O3.HI/c1-3-23-22(25-15-18-9-6-11-24-20(18)30-14-13-29-2)26-19-10-12-27(16-19)21(28)17-7-4-5-8-17;/h6,9,11,17,19H,3-5,7-8,10,12-16H2,1-2H3,(H2,23,25,26);1H. The summed E-state index contributed by atoms with van der Waals surface area (Å²) < 4.78 is 10.7. The SMILES string of the molecule is CCNC(=NCc1cccnc1OCCOC)NC1CCN(C(=O)C2CCCC2)C1.I. The Morgan fingerprint density at radius 3 is 2.84 bits per heavy atom. The molecular formula is C22H36IN5O3. The molecule has 1 saturated carbocycles. The molecule has 31 heavy (non-hydrogen) atoms. The topological polar surface area (TPSA) is 88.1 Å². The Balaban J connectivity index is 0.00000341. The fourth-order valence-electron chi connectivity index (χ4n) is 4.08. The predicted molar refractivity (Wildman–Crippen MR) is 132 cm³/mol. The van der Waals surface area contributed by atoms with E-state index in [0.29, 0.717) is 31.5 Å². The molecule has 0 aromatic carbocycles. The van der Waals surface area contributed by atoms with Crippen LogP contribution in [0.3, 0.4) is 0 Å². The molecule has 2 fully saturated rings. The maximum atomic E-state index is 12.7. The van der Waals surface area contributed by atoms with E-state index in [0.717, 1.165) is 50.4 Å². The van der Waals surface area contributed by atoms with E-state index in [1.54, 1.807) is 13.3 Å². The van der Waals surface area contributed by atoms with Gasteiger partial charge in [-0.15, -0.1) is 24.0 Å². The first kappa shape index (κ1) is 25.6. The zero-order valence-corrected chi connectivity index (χ0v) is 21.0. The van der Waals surface area contributed by atoms with Gasteiger partial charge in [0.15, 0.2) is 5.96 Å². The molecule has 2 N–H and O–H groups in total. The van der Waals surface area contributed by atoms with Crippen LogP contribution in [0.15, 0.2) is 23.3 Å². The number of ether oxygens (including phenoxy) is 2. The molecule has 0 radical (unpaired) electrons. The van der Waals surface area contributed by atoms with Crippen LogP contribution in [0.5, 0.6) is 5.88 Å². The second kappa shape index (κ2) is 13.7. The zero-order valence-electron chi connectivity index (χ0n) is 18.6. The van der Waals surface area contributed by atoms with Crippen LogP contribution in [0.4, 0.5) is 0 Å². The van der Waals surface area contributed by atoms with Crippen molar-refractivity contribution in [2.45, 2.75) is 51.6 Å². The highest BCUT2D eigenvalue weighted by Crippen LogP contribution is 2.27. The van der Waals surface area contributed by atoms with E-state index in [2.05, 4.69) is 15.6 Å². The number of aromatic nitrogens is 1. The van der Waals surface area contributed by atoms with Gasteiger partial charge >= 0.3 is 0 Å². The molecule has 8 nitrogen and oxygen atoms in total. The van der Waals surface area contributed by atoms with Gasteiger partial charge in [-0.1, -0.05) is 18.9 Å². The van der Waals surface area contributed by atoms with E-state index in [-0.39, 0.29) is 35.9 Å². The van der Waals surface area contributed by atoms with Crippen LogP contribution in [0.25, 0.3) is 0 Å². The van der Waals surface area contributed by atoms with Crippen molar-refractivity contribution in [1.82, 2.24) is 20.5 Å². The van der Waals surface area contributed by atoms with E-state index < -0.39 is 0 Å². The van der Waals surface area contributed by atoms with Crippen LogP contribution in [-0.2, 0) is 16.1 Å². The lowest BCUT2D eigenvalue weighted by atomic mass is 10.1. The largest absolute Gasteiger partial charge is 0.475 e. The number of likely N-dealkylation sites (tertiary alicyclic amines) is 1. The van der Waals surface area contributed by atoms with Crippen LogP contribution in [0.1, 0.15) is 44.6 Å². The highest BCUT2D eigenvalue weighted by Gasteiger charge is 2.32. The van der Waals surface area contributed by atoms with Crippen molar-refractivity contribution >= 4 is 35.8 Å². The van der Waals surface area contributed by atoms with Crippen LogP contribution in [0.2, 0.25) is 0 Å². The number of nitrogens with one attached hydrogen (secondary N) is 2. The Morgan fingerprint density at radius 2 is 2.10 bits per heavy atom. The molecule has 2 heterocycles. The van der Waals surface area contributed by atoms with Crippen molar-refractivity contribution < 1.29 is 14.3 Å². The third kappa shape index (κ3) is 7.78. The van der Waals surface area contributed by atoms with Crippen molar-refractivity contribution in [2.24, 2.45) is 10.9 Å². The number of carbonyl (C=O) groups excluding carboxylic acids is 1. The Morgan fingerprint density at radius 1 is 1.29 bits per heavy atom. The van der Waals surface area contributed by atoms with E-state index in [1.165, 1.54) is 12.8 Å². The molecule has 1 unspecified atom stereocenters. The second-order valence-electron chi connectivity index (χ2n) is 7.90. The summed E-state index contributed by atoms with van der Waals surface area (Å²) >= 11 is 0. The molecule has 1 aromatic rings. The summed E-state index contributed by atoms with van der Waals surface area (Å²) in [4.78, 5) is 23.7. The van der Waals surface area contributed by atoms with E-state index in [1.807, 2.05) is 24.0 Å². The zero-order chi connectivity index (χ0) is 21.2. The molecule has 1 aliphatic carbocycles. The number of guanidine groups is 1. The van der Waals surface area contributed by atoms with Gasteiger partial charge in [0.2, 0.25) is 11.8 Å². The van der Waals surface area contributed by atoms with Gasteiger partial charge in [0.25, 0.3) is 0 Å². The van der Waals surface area contributed by atoms with E-state index >= 15 is 0 Å². The molecular weight excluding hydrogens is 509 g/mol. The highest BCUT2D eigenvalue weighted by atomic mass is 127. The number of carbonyl (C=O) groups is 1. The van der Waals surface area contributed by atoms with Gasteiger partial charge in [0.05, 0.1) is 13.2 Å². The summed E-state index contributed by atoms with van der Waals surface area (Å²) in [5.74, 6) is 1.92. The Bertz CT molecular complexity index is 712. The number of rotatable bonds is 9. The minimum Gasteiger partial charge on any atom is -0.475 e. The van der Waals surface area contributed by atoms with Gasteiger partial charge in [0.1, 0.15) is 6.61 Å². The minimum atomic E-state index is 0. The molecule has 1 atom stereocenters. The maximum absolute atomic E-state index is 12.7. The van der Waals surface area contributed by atoms with Crippen LogP contribution >= 0.6 is 24.0 Å². The molecule has 0 bridgehead atoms. The third-order valence-corrected chi connectivity index (χ3v) is 5.67. The maximum Gasteiger partial charge on any atom is 0.225 e. The summed E-state index contributed by atoms with van der Waals surface area (Å²) in [6.45, 7) is 5.82. The molecule has 9 heteroatoms. The summed E-state index contributed by atoms with van der Waals surface area (Å²) in [6.07, 6.45) is 7.15. The van der Waals surface area contributed by atoms with Crippen molar-refractivity contribution in [2.75, 3.05) is 40.0 Å². The Hall–Kier alpha value is -1.62. The molecule has 1 aromatic heterocycles. The molecule has 2 aliphatic rings. The fraction of sp³-hybridized carbons (Fsp3) is 0.682. The summed E-state index contributed by atoms with van der Waals surface area (Å²) in [5.41, 5.74) is 0.926. The van der Waals surface area contributed by atoms with Crippen LogP contribution in [0, 0.1) is 5.92 Å². The molecule has 174 valence electrons. The quantitative estimate of drug-likeness (QED) is 0.215. The number of hydrogen-bond donors (Lipinski definition) is 2. The van der Waals surface area contributed by atoms with Crippen molar-refractivity contribution in [3.8, 4) is 5.88 Å². The first-order valence-electron chi connectivity index (χ1n) is 11.1. The van der Waals surface area contributed by atoms with E-state index in [9.17, 15) is 4.79 Å². The van der Waals surface area contributed by atoms with Gasteiger partial charge in [0, 0.05) is 50.5 Å². The van der Waals surface area contributed by atoms with Gasteiger partial charge in [-0.2, -0.15) is 0 Å². The summed E-state index contributed by atoms with van der Waals surface area (Å²) in [5, 5.41) is 6.80. The number of halogens is 1. The lowest BCUT2D eigenvalue weighted by molar-refractivity contribution is -0.134. The monoisotopic (exact) mass is 545 g/mol. The average Bonchev–Trinajstić information content (AvgIpc) is 3.45. The van der Waals surface area contributed by atoms with Crippen molar-refractivity contribution in [3.63, 3.8) is 0 Å². The number of hydrogen-bond acceptors (Lipinski definition) is 5. The smallest absolute Gasteiger partial charge is 0.225 e. The highest BCUT2D eigenvalue weighted by molar-refractivity contribution is 14.0. The van der Waals surface area contributed by atoms with Gasteiger partial charge < -0.3 is 25.0 Å². The first-order valence-corrected chi connectivity index (χ1v) is 11.1. The van der Waals surface area contributed by atoms with Gasteiger partial charge in [-0.3, -0.25) is 4.79 Å². The minimum absolute atomic E-state index is 0. The first-order chi connectivity index (χ1) is 14.7. The number of methoxy groups -OCH3 is 1. The fourth-order valence-corrected chi connectivity index (χ4v) is 4.08. The summed E-state index contributed by atoms with van der Waals surface area (Å²) in [7, 11) is 1.65. The predicted octanol–water partition coefficient (Wildman–Crippen LogP) is 2.57. The third-order valence-electron chi connectivity index (χ3n) is 5.67. The second-order valence-corrected chi connectivity index (χ2v) is 7.90. The molecule has 1 aliphatic heterocycles. The van der Waals surface area contributed by atoms with Crippen LogP contribution < -0.4 is 15.4 Å². The van der Waals surface area contributed by atoms with Crippen LogP contribution in [-0.4, -0.2) is 67.8 Å². The number of amides is 1. The van der Waals surface area contributed by atoms with Crippen molar-refractivity contribution in [3.05, 3.63) is 23.9 Å². The Kier molecular flexibility index (Phi) is 11.3. The number of nitrogens with zero attached hydrogens (tertiary/aromatic N) is 3. The molecule has 1 amide bonds. The van der Waals surface area contributed by atoms with Gasteiger partial charge in [-0.05, 0) is 32.3 Å². The molecule has 3 rings (SSSR count). The lowest BCUT2D eigenvalue weighted by Crippen LogP contribution is -2.45. The average molecular weight is 545 g/mol. The van der Waals surface area contributed by atoms with Crippen molar-refractivity contribution in [1.29, 1.82) is 0 Å². The van der Waals surface area contributed by atoms with E-state index in [4.69, 9.17) is 14.5 Å². The number of aliphatic imine (C=N–C) groups is 1. The Labute approximate surface area is 202 Å². The van der Waals surface area contributed by atoms with Gasteiger partial charge in [-0.25, -0.2) is 9.98 Å². The molecule has 0 spiro atoms. The normalized spacial score (nSPS) is 19.2. The summed E-state index contributed by atoms with van der Waals surface area (Å²) in [6, 6.07) is 4.08. The lowest BCUT2D eigenvalue weighted by Gasteiger charge is -2.21.